The van der Waals surface area contributed by atoms with Gasteiger partial charge in [-0.25, -0.2) is 0 Å². The molecule has 1 aromatic rings. The number of nitrogens with one attached hydrogen (secondary N) is 1. The SMILES string of the molecule is CCCNC(CCC(C)(C)OC)c1cccc(C)c1C. The van der Waals surface area contributed by atoms with Crippen LogP contribution in [0.3, 0.4) is 0 Å². The van der Waals surface area contributed by atoms with Crippen LogP contribution in [0.4, 0.5) is 0 Å². The van der Waals surface area contributed by atoms with Gasteiger partial charge in [-0.15, -0.1) is 0 Å². The van der Waals surface area contributed by atoms with E-state index in [0.29, 0.717) is 6.04 Å². The predicted octanol–water partition coefficient (Wildman–Crippen LogP) is 4.55. The Balaban J connectivity index is 2.86. The third-order valence-electron chi connectivity index (χ3n) is 4.25. The minimum absolute atomic E-state index is 0.0517. The number of hydrogen-bond donors (Lipinski definition) is 1. The molecule has 1 atom stereocenters. The number of hydrogen-bond acceptors (Lipinski definition) is 2. The van der Waals surface area contributed by atoms with E-state index in [1.807, 2.05) is 0 Å². The molecule has 0 spiro atoms. The van der Waals surface area contributed by atoms with E-state index in [1.54, 1.807) is 7.11 Å². The summed E-state index contributed by atoms with van der Waals surface area (Å²) in [5.41, 5.74) is 4.17. The molecule has 0 aliphatic carbocycles. The summed E-state index contributed by atoms with van der Waals surface area (Å²) >= 11 is 0. The molecule has 0 aliphatic heterocycles. The summed E-state index contributed by atoms with van der Waals surface area (Å²) in [4.78, 5) is 0. The zero-order valence-electron chi connectivity index (χ0n) is 14.0. The van der Waals surface area contributed by atoms with Gasteiger partial charge in [-0.05, 0) is 70.2 Å². The topological polar surface area (TPSA) is 21.3 Å². The lowest BCUT2D eigenvalue weighted by atomic mass is 9.91. The Morgan fingerprint density at radius 3 is 2.55 bits per heavy atom. The van der Waals surface area contributed by atoms with Crippen molar-refractivity contribution in [1.82, 2.24) is 5.32 Å². The van der Waals surface area contributed by atoms with Crippen LogP contribution < -0.4 is 5.32 Å². The van der Waals surface area contributed by atoms with Crippen LogP contribution in [0, 0.1) is 13.8 Å². The Bertz CT molecular complexity index is 412. The van der Waals surface area contributed by atoms with Gasteiger partial charge in [-0.2, -0.15) is 0 Å². The third kappa shape index (κ3) is 4.92. The fourth-order valence-corrected chi connectivity index (χ4v) is 2.43. The maximum atomic E-state index is 5.55. The summed E-state index contributed by atoms with van der Waals surface area (Å²) < 4.78 is 5.55. The molecule has 0 aliphatic rings. The van der Waals surface area contributed by atoms with Gasteiger partial charge in [-0.3, -0.25) is 0 Å². The van der Waals surface area contributed by atoms with Gasteiger partial charge in [0.1, 0.15) is 0 Å². The monoisotopic (exact) mass is 277 g/mol. The number of ether oxygens (including phenoxy) is 1. The second-order valence-corrected chi connectivity index (χ2v) is 6.30. The molecular weight excluding hydrogens is 246 g/mol. The molecule has 0 radical (unpaired) electrons. The lowest BCUT2D eigenvalue weighted by molar-refractivity contribution is 0.0116. The van der Waals surface area contributed by atoms with Crippen LogP contribution in [0.2, 0.25) is 0 Å². The van der Waals surface area contributed by atoms with Gasteiger partial charge in [0.25, 0.3) is 0 Å². The van der Waals surface area contributed by atoms with Crippen molar-refractivity contribution in [2.75, 3.05) is 13.7 Å². The molecule has 0 saturated carbocycles. The lowest BCUT2D eigenvalue weighted by Gasteiger charge is -2.28. The lowest BCUT2D eigenvalue weighted by Crippen LogP contribution is -2.28. The van der Waals surface area contributed by atoms with E-state index in [2.05, 4.69) is 58.1 Å². The van der Waals surface area contributed by atoms with Gasteiger partial charge in [-0.1, -0.05) is 25.1 Å². The first-order valence-electron chi connectivity index (χ1n) is 7.76. The highest BCUT2D eigenvalue weighted by Gasteiger charge is 2.21. The van der Waals surface area contributed by atoms with Crippen LogP contribution in [0.25, 0.3) is 0 Å². The van der Waals surface area contributed by atoms with Gasteiger partial charge in [0.15, 0.2) is 0 Å². The summed E-state index contributed by atoms with van der Waals surface area (Å²) in [6, 6.07) is 7.04. The normalized spacial score (nSPS) is 13.5. The highest BCUT2D eigenvalue weighted by molar-refractivity contribution is 5.35. The van der Waals surface area contributed by atoms with Crippen molar-refractivity contribution in [2.24, 2.45) is 0 Å². The van der Waals surface area contributed by atoms with Gasteiger partial charge in [0, 0.05) is 13.2 Å². The predicted molar refractivity (Wildman–Crippen MR) is 87.3 cm³/mol. The third-order valence-corrected chi connectivity index (χ3v) is 4.25. The molecule has 0 aromatic heterocycles. The summed E-state index contributed by atoms with van der Waals surface area (Å²) in [6.07, 6.45) is 3.32. The van der Waals surface area contributed by atoms with Crippen molar-refractivity contribution in [3.63, 3.8) is 0 Å². The van der Waals surface area contributed by atoms with Gasteiger partial charge in [0.05, 0.1) is 5.60 Å². The fourth-order valence-electron chi connectivity index (χ4n) is 2.43. The summed E-state index contributed by atoms with van der Waals surface area (Å²) in [5.74, 6) is 0. The van der Waals surface area contributed by atoms with E-state index in [-0.39, 0.29) is 5.60 Å². The van der Waals surface area contributed by atoms with Crippen molar-refractivity contribution in [1.29, 1.82) is 0 Å². The van der Waals surface area contributed by atoms with E-state index in [9.17, 15) is 0 Å². The molecule has 1 rings (SSSR count). The minimum Gasteiger partial charge on any atom is -0.379 e. The average molecular weight is 277 g/mol. The number of rotatable bonds is 8. The van der Waals surface area contributed by atoms with Crippen molar-refractivity contribution in [2.45, 2.75) is 65.5 Å². The Kier molecular flexibility index (Phi) is 6.70. The summed E-state index contributed by atoms with van der Waals surface area (Å²) in [5, 5.41) is 3.69. The van der Waals surface area contributed by atoms with Gasteiger partial charge >= 0.3 is 0 Å². The van der Waals surface area contributed by atoms with Gasteiger partial charge in [0.2, 0.25) is 0 Å². The van der Waals surface area contributed by atoms with E-state index in [4.69, 9.17) is 4.74 Å². The fraction of sp³-hybridized carbons (Fsp3) is 0.667. The number of methoxy groups -OCH3 is 1. The first-order chi connectivity index (χ1) is 9.41. The van der Waals surface area contributed by atoms with Crippen LogP contribution >= 0.6 is 0 Å². The molecular formula is C18H31NO. The quantitative estimate of drug-likeness (QED) is 0.752. The molecule has 2 heteroatoms. The van der Waals surface area contributed by atoms with Crippen molar-refractivity contribution >= 4 is 0 Å². The van der Waals surface area contributed by atoms with Crippen LogP contribution in [-0.2, 0) is 4.74 Å². The first-order valence-corrected chi connectivity index (χ1v) is 7.76. The zero-order chi connectivity index (χ0) is 15.2. The molecule has 1 unspecified atom stereocenters. The van der Waals surface area contributed by atoms with E-state index in [0.717, 1.165) is 25.8 Å². The van der Waals surface area contributed by atoms with Crippen LogP contribution in [0.1, 0.15) is 62.8 Å². The largest absolute Gasteiger partial charge is 0.379 e. The van der Waals surface area contributed by atoms with Crippen molar-refractivity contribution in [3.05, 3.63) is 34.9 Å². The average Bonchev–Trinajstić information content (AvgIpc) is 2.43. The Morgan fingerprint density at radius 2 is 1.95 bits per heavy atom. The molecule has 114 valence electrons. The molecule has 2 nitrogen and oxygen atoms in total. The molecule has 1 N–H and O–H groups in total. The molecule has 20 heavy (non-hydrogen) atoms. The Morgan fingerprint density at radius 1 is 1.25 bits per heavy atom. The first kappa shape index (κ1) is 17.2. The van der Waals surface area contributed by atoms with E-state index in [1.165, 1.54) is 16.7 Å². The Labute approximate surface area is 124 Å². The van der Waals surface area contributed by atoms with E-state index < -0.39 is 0 Å². The van der Waals surface area contributed by atoms with Gasteiger partial charge < -0.3 is 10.1 Å². The summed E-state index contributed by atoms with van der Waals surface area (Å²) in [7, 11) is 1.80. The molecule has 0 saturated heterocycles. The molecule has 0 bridgehead atoms. The second-order valence-electron chi connectivity index (χ2n) is 6.30. The maximum absolute atomic E-state index is 5.55. The minimum atomic E-state index is -0.0517. The molecule has 0 amide bonds. The van der Waals surface area contributed by atoms with Crippen molar-refractivity contribution in [3.8, 4) is 0 Å². The number of aryl methyl sites for hydroxylation is 1. The van der Waals surface area contributed by atoms with Crippen molar-refractivity contribution < 1.29 is 4.74 Å². The van der Waals surface area contributed by atoms with Crippen LogP contribution in [0.15, 0.2) is 18.2 Å². The van der Waals surface area contributed by atoms with Crippen LogP contribution in [0.5, 0.6) is 0 Å². The number of benzene rings is 1. The molecule has 1 aromatic carbocycles. The highest BCUT2D eigenvalue weighted by atomic mass is 16.5. The highest BCUT2D eigenvalue weighted by Crippen LogP contribution is 2.27. The second kappa shape index (κ2) is 7.80. The molecule has 0 fully saturated rings. The summed E-state index contributed by atoms with van der Waals surface area (Å²) in [6.45, 7) is 12.0. The van der Waals surface area contributed by atoms with Crippen LogP contribution in [-0.4, -0.2) is 19.3 Å². The van der Waals surface area contributed by atoms with E-state index >= 15 is 0 Å². The Hall–Kier alpha value is -0.860. The standard InChI is InChI=1S/C18H31NO/c1-7-13-19-17(11-12-18(4,5)20-6)16-10-8-9-14(2)15(16)3/h8-10,17,19H,7,11-13H2,1-6H3. The smallest absolute Gasteiger partial charge is 0.0623 e. The molecule has 0 heterocycles. The zero-order valence-corrected chi connectivity index (χ0v) is 14.0. The maximum Gasteiger partial charge on any atom is 0.0623 e.